The summed E-state index contributed by atoms with van der Waals surface area (Å²) in [5, 5.41) is 5.54. The molecule has 0 bridgehead atoms. The summed E-state index contributed by atoms with van der Waals surface area (Å²) in [4.78, 5) is 29.1. The molecule has 1 heterocycles. The summed E-state index contributed by atoms with van der Waals surface area (Å²) < 4.78 is 21.2. The van der Waals surface area contributed by atoms with Gasteiger partial charge in [0.25, 0.3) is 11.8 Å². The predicted octanol–water partition coefficient (Wildman–Crippen LogP) is 4.01. The van der Waals surface area contributed by atoms with Crippen LogP contribution in [0.1, 0.15) is 21.7 Å². The lowest BCUT2D eigenvalue weighted by Gasteiger charge is -2.08. The van der Waals surface area contributed by atoms with Crippen molar-refractivity contribution in [2.45, 2.75) is 13.3 Å². The molecule has 4 rings (SSSR count). The number of ether oxygens (including phenoxy) is 1. The van der Waals surface area contributed by atoms with Crippen molar-refractivity contribution < 1.29 is 18.7 Å². The fraction of sp³-hybridized carbons (Fsp3) is 0.192. The van der Waals surface area contributed by atoms with Crippen molar-refractivity contribution in [3.8, 4) is 5.75 Å². The summed E-state index contributed by atoms with van der Waals surface area (Å²) in [6, 6.07) is 18.8. The molecule has 0 unspecified atom stereocenters. The Morgan fingerprint density at radius 3 is 2.59 bits per heavy atom. The normalized spacial score (nSPS) is 10.8. The lowest BCUT2D eigenvalue weighted by molar-refractivity contribution is -0.118. The summed E-state index contributed by atoms with van der Waals surface area (Å²) >= 11 is 0. The third-order valence-corrected chi connectivity index (χ3v) is 5.40. The molecule has 0 radical (unpaired) electrons. The number of carbonyl (C=O) groups excluding carboxylic acids is 2. The van der Waals surface area contributed by atoms with Crippen molar-refractivity contribution in [3.05, 3.63) is 89.5 Å². The molecule has 0 saturated carbocycles. The number of fused-ring (bicyclic) bond motifs is 1. The number of nitrogens with one attached hydrogen (secondary N) is 2. The molecule has 174 valence electrons. The molecule has 2 amide bonds. The minimum Gasteiger partial charge on any atom is -0.484 e. The quantitative estimate of drug-likeness (QED) is 0.416. The molecule has 34 heavy (non-hydrogen) atoms. The van der Waals surface area contributed by atoms with E-state index in [4.69, 9.17) is 4.74 Å². The van der Waals surface area contributed by atoms with Gasteiger partial charge in [0.1, 0.15) is 17.4 Å². The summed E-state index contributed by atoms with van der Waals surface area (Å²) in [7, 11) is 1.89. The highest BCUT2D eigenvalue weighted by Gasteiger charge is 2.13. The SMILES string of the molecule is Cc1ccc(OCC(=O)Nc2ccc3c(c2)nc(CCNC(=O)c2ccccc2F)n3C)cc1. The van der Waals surface area contributed by atoms with Crippen LogP contribution in [0.5, 0.6) is 5.75 Å². The second kappa shape index (κ2) is 10.2. The average Bonchev–Trinajstić information content (AvgIpc) is 3.13. The minimum absolute atomic E-state index is 0.0132. The van der Waals surface area contributed by atoms with Crippen LogP contribution in [0.2, 0.25) is 0 Å². The summed E-state index contributed by atoms with van der Waals surface area (Å²) in [6.07, 6.45) is 0.470. The first-order valence-electron chi connectivity index (χ1n) is 10.9. The van der Waals surface area contributed by atoms with Crippen molar-refractivity contribution in [1.82, 2.24) is 14.9 Å². The molecule has 4 aromatic rings. The van der Waals surface area contributed by atoms with Crippen LogP contribution in [0.3, 0.4) is 0 Å². The Labute approximate surface area is 196 Å². The predicted molar refractivity (Wildman–Crippen MR) is 128 cm³/mol. The molecule has 0 aliphatic carbocycles. The van der Waals surface area contributed by atoms with Gasteiger partial charge in [-0.25, -0.2) is 9.37 Å². The van der Waals surface area contributed by atoms with Gasteiger partial charge in [0.05, 0.1) is 16.6 Å². The number of anilines is 1. The maximum atomic E-state index is 13.8. The number of carbonyl (C=O) groups is 2. The van der Waals surface area contributed by atoms with Crippen LogP contribution in [0, 0.1) is 12.7 Å². The molecule has 1 aromatic heterocycles. The summed E-state index contributed by atoms with van der Waals surface area (Å²) in [5.41, 5.74) is 3.36. The number of nitrogens with zero attached hydrogens (tertiary/aromatic N) is 2. The first-order chi connectivity index (χ1) is 16.4. The number of amides is 2. The number of aromatic nitrogens is 2. The number of benzene rings is 3. The number of aryl methyl sites for hydroxylation is 2. The zero-order valence-corrected chi connectivity index (χ0v) is 19.0. The van der Waals surface area contributed by atoms with E-state index in [1.807, 2.05) is 48.9 Å². The molecule has 7 nitrogen and oxygen atoms in total. The monoisotopic (exact) mass is 460 g/mol. The van der Waals surface area contributed by atoms with Crippen molar-refractivity contribution in [3.63, 3.8) is 0 Å². The Bertz CT molecular complexity index is 1330. The topological polar surface area (TPSA) is 85.2 Å². The summed E-state index contributed by atoms with van der Waals surface area (Å²) in [6.45, 7) is 2.19. The average molecular weight is 461 g/mol. The van der Waals surface area contributed by atoms with Gasteiger partial charge < -0.3 is 19.9 Å². The van der Waals surface area contributed by atoms with Crippen LogP contribution in [-0.2, 0) is 18.3 Å². The lowest BCUT2D eigenvalue weighted by atomic mass is 10.2. The van der Waals surface area contributed by atoms with Gasteiger partial charge in [-0.15, -0.1) is 0 Å². The first-order valence-corrected chi connectivity index (χ1v) is 10.9. The maximum absolute atomic E-state index is 13.8. The highest BCUT2D eigenvalue weighted by Crippen LogP contribution is 2.20. The van der Waals surface area contributed by atoms with Crippen molar-refractivity contribution in [2.24, 2.45) is 7.05 Å². The highest BCUT2D eigenvalue weighted by molar-refractivity contribution is 5.95. The van der Waals surface area contributed by atoms with Crippen molar-refractivity contribution in [2.75, 3.05) is 18.5 Å². The molecular weight excluding hydrogens is 435 g/mol. The highest BCUT2D eigenvalue weighted by atomic mass is 19.1. The molecule has 0 aliphatic heterocycles. The Morgan fingerprint density at radius 2 is 1.82 bits per heavy atom. The van der Waals surface area contributed by atoms with Gasteiger partial charge in [-0.05, 0) is 49.4 Å². The molecular formula is C26H25FN4O3. The number of hydrogen-bond donors (Lipinski definition) is 2. The van der Waals surface area contributed by atoms with E-state index < -0.39 is 11.7 Å². The van der Waals surface area contributed by atoms with Gasteiger partial charge in [0.15, 0.2) is 6.61 Å². The fourth-order valence-electron chi connectivity index (χ4n) is 3.56. The Balaban J connectivity index is 1.35. The minimum atomic E-state index is -0.554. The van der Waals surface area contributed by atoms with Gasteiger partial charge in [-0.3, -0.25) is 9.59 Å². The van der Waals surface area contributed by atoms with Gasteiger partial charge in [0.2, 0.25) is 0 Å². The largest absolute Gasteiger partial charge is 0.484 e. The van der Waals surface area contributed by atoms with E-state index in [2.05, 4.69) is 15.6 Å². The zero-order valence-electron chi connectivity index (χ0n) is 19.0. The van der Waals surface area contributed by atoms with Crippen LogP contribution in [0.15, 0.2) is 66.7 Å². The maximum Gasteiger partial charge on any atom is 0.262 e. The molecule has 0 spiro atoms. The van der Waals surface area contributed by atoms with Crippen LogP contribution >= 0.6 is 0 Å². The second-order valence-electron chi connectivity index (χ2n) is 7.93. The standard InChI is InChI=1S/C26H25FN4O3/c1-17-7-10-19(11-8-17)34-16-25(32)29-18-9-12-23-22(15-18)30-24(31(23)2)13-14-28-26(33)20-5-3-4-6-21(20)27/h3-12,15H,13-14,16H2,1-2H3,(H,28,33)(H,29,32). The first kappa shape index (κ1) is 23.0. The van der Waals surface area contributed by atoms with Gasteiger partial charge in [-0.2, -0.15) is 0 Å². The summed E-state index contributed by atoms with van der Waals surface area (Å²) in [5.74, 6) is 0.103. The van der Waals surface area contributed by atoms with Gasteiger partial charge in [0, 0.05) is 25.7 Å². The van der Waals surface area contributed by atoms with E-state index in [0.717, 1.165) is 22.4 Å². The lowest BCUT2D eigenvalue weighted by Crippen LogP contribution is -2.27. The van der Waals surface area contributed by atoms with Crippen LogP contribution in [-0.4, -0.2) is 34.5 Å². The van der Waals surface area contributed by atoms with E-state index in [0.29, 0.717) is 24.4 Å². The van der Waals surface area contributed by atoms with Gasteiger partial charge >= 0.3 is 0 Å². The Morgan fingerprint density at radius 1 is 1.06 bits per heavy atom. The van der Waals surface area contributed by atoms with E-state index >= 15 is 0 Å². The number of halogens is 1. The van der Waals surface area contributed by atoms with Crippen molar-refractivity contribution >= 4 is 28.5 Å². The molecule has 0 atom stereocenters. The van der Waals surface area contributed by atoms with Crippen LogP contribution < -0.4 is 15.4 Å². The van der Waals surface area contributed by atoms with Crippen LogP contribution in [0.25, 0.3) is 11.0 Å². The van der Waals surface area contributed by atoms with E-state index in [9.17, 15) is 14.0 Å². The molecule has 8 heteroatoms. The Kier molecular flexibility index (Phi) is 6.87. The zero-order chi connectivity index (χ0) is 24.1. The third kappa shape index (κ3) is 5.40. The van der Waals surface area contributed by atoms with Crippen LogP contribution in [0.4, 0.5) is 10.1 Å². The van der Waals surface area contributed by atoms with E-state index in [1.165, 1.54) is 12.1 Å². The number of rotatable bonds is 8. The fourth-order valence-corrected chi connectivity index (χ4v) is 3.56. The molecule has 0 aliphatic rings. The Hall–Kier alpha value is -4.20. The van der Waals surface area contributed by atoms with E-state index in [-0.39, 0.29) is 18.1 Å². The number of imidazole rings is 1. The third-order valence-electron chi connectivity index (χ3n) is 5.40. The van der Waals surface area contributed by atoms with Gasteiger partial charge in [-0.1, -0.05) is 29.8 Å². The smallest absolute Gasteiger partial charge is 0.262 e. The second-order valence-corrected chi connectivity index (χ2v) is 7.93. The molecule has 0 saturated heterocycles. The molecule has 3 aromatic carbocycles. The van der Waals surface area contributed by atoms with E-state index in [1.54, 1.807) is 24.3 Å². The van der Waals surface area contributed by atoms with Crippen molar-refractivity contribution in [1.29, 1.82) is 0 Å². The molecule has 0 fully saturated rings. The molecule has 2 N–H and O–H groups in total. The number of hydrogen-bond acceptors (Lipinski definition) is 4.